The molecular formula is C27H28ClFN6O3S. The van der Waals surface area contributed by atoms with Gasteiger partial charge in [0.05, 0.1) is 23.4 Å². The molecule has 0 saturated carbocycles. The molecule has 39 heavy (non-hydrogen) atoms. The van der Waals surface area contributed by atoms with Crippen LogP contribution >= 0.6 is 22.9 Å². The summed E-state index contributed by atoms with van der Waals surface area (Å²) in [6.07, 6.45) is 3.56. The van der Waals surface area contributed by atoms with Crippen LogP contribution in [0.4, 0.5) is 10.1 Å². The van der Waals surface area contributed by atoms with Crippen molar-refractivity contribution in [1.29, 1.82) is 0 Å². The van der Waals surface area contributed by atoms with E-state index in [9.17, 15) is 9.18 Å². The normalized spacial score (nSPS) is 18.8. The van der Waals surface area contributed by atoms with E-state index >= 15 is 0 Å². The van der Waals surface area contributed by atoms with Crippen molar-refractivity contribution < 1.29 is 18.7 Å². The average Bonchev–Trinajstić information content (AvgIpc) is 3.25. The van der Waals surface area contributed by atoms with Gasteiger partial charge in [-0.1, -0.05) is 0 Å². The van der Waals surface area contributed by atoms with Crippen LogP contribution in [0.5, 0.6) is 11.8 Å². The number of hydrogen-bond acceptors (Lipinski definition) is 9. The Hall–Kier alpha value is -3.12. The number of nitrogens with zero attached hydrogens (tertiary/aromatic N) is 3. The van der Waals surface area contributed by atoms with Crippen LogP contribution < -0.4 is 20.7 Å². The lowest BCUT2D eigenvalue weighted by molar-refractivity contribution is -0.0693. The number of alkyl halides is 1. The molecular weight excluding hydrogens is 543 g/mol. The first-order valence-corrected chi connectivity index (χ1v) is 14.1. The number of amides is 1. The number of pyridine rings is 1. The Morgan fingerprint density at radius 2 is 2.05 bits per heavy atom. The number of piperidine rings is 1. The van der Waals surface area contributed by atoms with Gasteiger partial charge in [-0.3, -0.25) is 4.79 Å². The fourth-order valence-electron chi connectivity index (χ4n) is 5.30. The second-order valence-corrected chi connectivity index (χ2v) is 11.3. The zero-order chi connectivity index (χ0) is 27.0. The van der Waals surface area contributed by atoms with E-state index in [0.717, 1.165) is 52.6 Å². The average molecular weight is 571 g/mol. The molecule has 0 aliphatic carbocycles. The minimum absolute atomic E-state index is 0.0283. The molecule has 5 heterocycles. The van der Waals surface area contributed by atoms with Gasteiger partial charge in [0.2, 0.25) is 17.0 Å². The molecule has 0 spiro atoms. The highest BCUT2D eigenvalue weighted by Gasteiger charge is 2.35. The van der Waals surface area contributed by atoms with Crippen LogP contribution in [0, 0.1) is 0 Å². The molecule has 2 aliphatic heterocycles. The zero-order valence-electron chi connectivity index (χ0n) is 21.4. The SMILES string of the molecule is C[C@@H]1CNc2c(sc3ccc4nc(Oc5nc(Cl)ncc5CC5(OCCF)CCNCC5)ccc4c23)C(=O)N1. The van der Waals surface area contributed by atoms with Crippen LogP contribution in [0.3, 0.4) is 0 Å². The molecule has 12 heteroatoms. The fourth-order valence-corrected chi connectivity index (χ4v) is 6.52. The largest absolute Gasteiger partial charge is 0.420 e. The summed E-state index contributed by atoms with van der Waals surface area (Å²) in [6.45, 7) is 3.66. The summed E-state index contributed by atoms with van der Waals surface area (Å²) in [5, 5.41) is 11.7. The molecule has 6 rings (SSSR count). The molecule has 3 aromatic heterocycles. The molecule has 1 fully saturated rings. The Morgan fingerprint density at radius 3 is 2.87 bits per heavy atom. The van der Waals surface area contributed by atoms with Gasteiger partial charge in [0, 0.05) is 52.3 Å². The number of fused-ring (bicyclic) bond motifs is 5. The number of ether oxygens (including phenoxy) is 2. The Kier molecular flexibility index (Phi) is 7.23. The van der Waals surface area contributed by atoms with Crippen molar-refractivity contribution in [3.63, 3.8) is 0 Å². The molecule has 0 unspecified atom stereocenters. The van der Waals surface area contributed by atoms with E-state index in [2.05, 4.69) is 25.9 Å². The van der Waals surface area contributed by atoms with Crippen LogP contribution in [0.1, 0.15) is 35.0 Å². The Balaban J connectivity index is 1.34. The molecule has 0 radical (unpaired) electrons. The Labute approximate surface area is 233 Å². The van der Waals surface area contributed by atoms with Crippen molar-refractivity contribution in [3.05, 3.63) is 46.2 Å². The highest BCUT2D eigenvalue weighted by atomic mass is 35.5. The summed E-state index contributed by atoms with van der Waals surface area (Å²) in [6, 6.07) is 7.65. The second-order valence-electron chi connectivity index (χ2n) is 9.94. The van der Waals surface area contributed by atoms with E-state index in [1.807, 2.05) is 25.1 Å². The number of nitrogens with one attached hydrogen (secondary N) is 3. The van der Waals surface area contributed by atoms with Gasteiger partial charge in [0.15, 0.2) is 0 Å². The topological polar surface area (TPSA) is 110 Å². The number of thiophene rings is 1. The van der Waals surface area contributed by atoms with Gasteiger partial charge in [0.1, 0.15) is 11.6 Å². The summed E-state index contributed by atoms with van der Waals surface area (Å²) in [5.74, 6) is 0.573. The van der Waals surface area contributed by atoms with Crippen LogP contribution in [-0.2, 0) is 11.2 Å². The van der Waals surface area contributed by atoms with E-state index in [0.29, 0.717) is 35.2 Å². The molecule has 1 saturated heterocycles. The molecule has 9 nitrogen and oxygen atoms in total. The monoisotopic (exact) mass is 570 g/mol. The minimum atomic E-state index is -0.545. The standard InChI is InChI=1S/C27H28ClFN6O3S/c1-15-13-31-22-21-17-2-5-20(34-18(17)3-4-19(21)39-23(22)24(36)33-15)38-25-16(14-32-26(28)35-25)12-27(37-11-8-29)6-9-30-10-7-27/h2-5,14-15,30-31H,6-13H2,1H3,(H,33,36)/t15-/m1/s1. The number of halogens is 2. The predicted molar refractivity (Wildman–Crippen MR) is 150 cm³/mol. The Morgan fingerprint density at radius 1 is 1.21 bits per heavy atom. The summed E-state index contributed by atoms with van der Waals surface area (Å²) in [4.78, 5) is 26.7. The molecule has 2 aliphatic rings. The molecule has 3 N–H and O–H groups in total. The van der Waals surface area contributed by atoms with E-state index in [1.54, 1.807) is 12.3 Å². The number of benzene rings is 1. The number of aromatic nitrogens is 3. The molecule has 4 aromatic rings. The maximum absolute atomic E-state index is 13.0. The van der Waals surface area contributed by atoms with Gasteiger partial charge >= 0.3 is 0 Å². The van der Waals surface area contributed by atoms with Crippen LogP contribution in [0.25, 0.3) is 21.0 Å². The summed E-state index contributed by atoms with van der Waals surface area (Å²) in [7, 11) is 0. The third-order valence-corrected chi connectivity index (χ3v) is 8.51. The molecule has 0 bridgehead atoms. The van der Waals surface area contributed by atoms with Gasteiger partial charge in [0.25, 0.3) is 5.91 Å². The summed E-state index contributed by atoms with van der Waals surface area (Å²) >= 11 is 7.61. The predicted octanol–water partition coefficient (Wildman–Crippen LogP) is 4.88. The van der Waals surface area contributed by atoms with Crippen molar-refractivity contribution in [2.45, 2.75) is 37.8 Å². The first-order chi connectivity index (χ1) is 18.9. The smallest absolute Gasteiger partial charge is 0.263 e. The number of rotatable bonds is 7. The lowest BCUT2D eigenvalue weighted by Gasteiger charge is -2.37. The van der Waals surface area contributed by atoms with E-state index in [1.165, 1.54) is 11.3 Å². The van der Waals surface area contributed by atoms with Crippen LogP contribution in [-0.4, -0.2) is 65.4 Å². The Bertz CT molecular complexity index is 1540. The fraction of sp³-hybridized carbons (Fsp3) is 0.407. The van der Waals surface area contributed by atoms with Crippen molar-refractivity contribution in [2.75, 3.05) is 38.2 Å². The van der Waals surface area contributed by atoms with Gasteiger partial charge in [-0.25, -0.2) is 14.4 Å². The van der Waals surface area contributed by atoms with E-state index < -0.39 is 12.3 Å². The van der Waals surface area contributed by atoms with Crippen molar-refractivity contribution in [2.24, 2.45) is 0 Å². The van der Waals surface area contributed by atoms with Crippen LogP contribution in [0.15, 0.2) is 30.5 Å². The number of carbonyl (C=O) groups excluding carboxylic acids is 1. The zero-order valence-corrected chi connectivity index (χ0v) is 22.9. The first-order valence-electron chi connectivity index (χ1n) is 13.0. The highest BCUT2D eigenvalue weighted by Crippen LogP contribution is 2.41. The summed E-state index contributed by atoms with van der Waals surface area (Å²) < 4.78 is 26.2. The van der Waals surface area contributed by atoms with Crippen molar-refractivity contribution in [3.8, 4) is 11.8 Å². The molecule has 204 valence electrons. The van der Waals surface area contributed by atoms with Gasteiger partial charge < -0.3 is 25.4 Å². The molecule has 1 atom stereocenters. The maximum Gasteiger partial charge on any atom is 0.263 e. The number of carbonyl (C=O) groups is 1. The quantitative estimate of drug-likeness (QED) is 0.270. The maximum atomic E-state index is 13.0. The lowest BCUT2D eigenvalue weighted by Crippen LogP contribution is -2.46. The second kappa shape index (κ2) is 10.8. The third-order valence-electron chi connectivity index (χ3n) is 7.17. The minimum Gasteiger partial charge on any atom is -0.420 e. The lowest BCUT2D eigenvalue weighted by atomic mass is 9.86. The van der Waals surface area contributed by atoms with E-state index in [-0.39, 0.29) is 23.8 Å². The van der Waals surface area contributed by atoms with Gasteiger partial charge in [-0.15, -0.1) is 11.3 Å². The van der Waals surface area contributed by atoms with Crippen LogP contribution in [0.2, 0.25) is 5.28 Å². The number of anilines is 1. The summed E-state index contributed by atoms with van der Waals surface area (Å²) in [5.41, 5.74) is 1.74. The van der Waals surface area contributed by atoms with Crippen molar-refractivity contribution in [1.82, 2.24) is 25.6 Å². The van der Waals surface area contributed by atoms with Crippen molar-refractivity contribution >= 4 is 55.5 Å². The highest BCUT2D eigenvalue weighted by molar-refractivity contribution is 7.21. The number of hydrogen-bond donors (Lipinski definition) is 3. The van der Waals surface area contributed by atoms with Gasteiger partial charge in [-0.05, 0) is 62.7 Å². The first kappa shape index (κ1) is 26.1. The van der Waals surface area contributed by atoms with Gasteiger partial charge in [-0.2, -0.15) is 4.98 Å². The molecule has 1 amide bonds. The van der Waals surface area contributed by atoms with E-state index in [4.69, 9.17) is 26.1 Å². The molecule has 1 aromatic carbocycles. The third kappa shape index (κ3) is 5.23.